The lowest BCUT2D eigenvalue weighted by molar-refractivity contribution is -0.127. The Bertz CT molecular complexity index is 811. The molecule has 1 saturated heterocycles. The van der Waals surface area contributed by atoms with Crippen LogP contribution < -0.4 is 10.1 Å². The fourth-order valence-electron chi connectivity index (χ4n) is 3.18. The molecule has 1 aliphatic rings. The number of likely N-dealkylation sites (tertiary alicyclic amines) is 1. The maximum Gasteiger partial charge on any atom is 0.252 e. The van der Waals surface area contributed by atoms with Gasteiger partial charge in [-0.3, -0.25) is 14.6 Å². The molecule has 2 heterocycles. The Morgan fingerprint density at radius 2 is 1.96 bits per heavy atom. The summed E-state index contributed by atoms with van der Waals surface area (Å²) >= 11 is 0. The van der Waals surface area contributed by atoms with Gasteiger partial charge in [0.25, 0.3) is 5.91 Å². The summed E-state index contributed by atoms with van der Waals surface area (Å²) < 4.78 is 5.13. The van der Waals surface area contributed by atoms with Crippen LogP contribution in [0.25, 0.3) is 6.08 Å². The van der Waals surface area contributed by atoms with Crippen molar-refractivity contribution in [3.63, 3.8) is 0 Å². The molecule has 3 rings (SSSR count). The minimum Gasteiger partial charge on any atom is -0.497 e. The number of piperidine rings is 1. The van der Waals surface area contributed by atoms with Gasteiger partial charge in [0.1, 0.15) is 5.75 Å². The highest BCUT2D eigenvalue weighted by atomic mass is 16.5. The predicted octanol–water partition coefficient (Wildman–Crippen LogP) is 2.77. The van der Waals surface area contributed by atoms with Crippen LogP contribution in [0.5, 0.6) is 5.75 Å². The quantitative estimate of drug-likeness (QED) is 0.784. The van der Waals surface area contributed by atoms with Crippen LogP contribution in [0.3, 0.4) is 0 Å². The minimum absolute atomic E-state index is 0.0219. The van der Waals surface area contributed by atoms with Gasteiger partial charge >= 0.3 is 0 Å². The number of carbonyl (C=O) groups is 2. The molecule has 0 atom stereocenters. The molecule has 1 N–H and O–H groups in total. The number of nitrogens with one attached hydrogen (secondary N) is 1. The van der Waals surface area contributed by atoms with Crippen LogP contribution in [0.4, 0.5) is 0 Å². The predicted molar refractivity (Wildman–Crippen MR) is 108 cm³/mol. The van der Waals surface area contributed by atoms with Gasteiger partial charge in [-0.25, -0.2) is 0 Å². The van der Waals surface area contributed by atoms with Gasteiger partial charge in [-0.05, 0) is 54.7 Å². The standard InChI is InChI=1S/C22H25N3O3/c1-28-20-7-4-17(5-8-20)6-9-21(26)25-13-10-18(11-14-25)15-24-22(27)19-3-2-12-23-16-19/h2-9,12,16,18H,10-11,13-15H2,1H3,(H,24,27)/b9-6+. The topological polar surface area (TPSA) is 71.5 Å². The second-order valence-corrected chi connectivity index (χ2v) is 6.83. The Hall–Kier alpha value is -3.15. The van der Waals surface area contributed by atoms with E-state index in [1.807, 2.05) is 35.2 Å². The summed E-state index contributed by atoms with van der Waals surface area (Å²) in [6.45, 7) is 2.04. The van der Waals surface area contributed by atoms with E-state index in [9.17, 15) is 9.59 Å². The van der Waals surface area contributed by atoms with Crippen molar-refractivity contribution < 1.29 is 14.3 Å². The van der Waals surface area contributed by atoms with Crippen LogP contribution in [0.2, 0.25) is 0 Å². The number of rotatable bonds is 6. The van der Waals surface area contributed by atoms with Crippen molar-refractivity contribution in [1.29, 1.82) is 0 Å². The van der Waals surface area contributed by atoms with Crippen LogP contribution >= 0.6 is 0 Å². The smallest absolute Gasteiger partial charge is 0.252 e. The number of pyridine rings is 1. The van der Waals surface area contributed by atoms with Gasteiger partial charge in [0.05, 0.1) is 12.7 Å². The first-order valence-corrected chi connectivity index (χ1v) is 9.45. The van der Waals surface area contributed by atoms with Crippen molar-refractivity contribution in [3.05, 3.63) is 66.0 Å². The maximum atomic E-state index is 12.4. The number of benzene rings is 1. The molecule has 0 saturated carbocycles. The van der Waals surface area contributed by atoms with Gasteiger partial charge in [-0.1, -0.05) is 12.1 Å². The lowest BCUT2D eigenvalue weighted by Crippen LogP contribution is -2.41. The van der Waals surface area contributed by atoms with E-state index in [1.54, 1.807) is 37.7 Å². The Morgan fingerprint density at radius 3 is 2.61 bits per heavy atom. The average molecular weight is 379 g/mol. The fraction of sp³-hybridized carbons (Fsp3) is 0.318. The van der Waals surface area contributed by atoms with Gasteiger partial charge in [-0.15, -0.1) is 0 Å². The second-order valence-electron chi connectivity index (χ2n) is 6.83. The average Bonchev–Trinajstić information content (AvgIpc) is 2.77. The first kappa shape index (κ1) is 19.6. The number of aromatic nitrogens is 1. The highest BCUT2D eigenvalue weighted by Crippen LogP contribution is 2.18. The molecule has 0 aliphatic carbocycles. The molecule has 1 aromatic carbocycles. The molecule has 0 bridgehead atoms. The SMILES string of the molecule is COc1ccc(/C=C/C(=O)N2CCC(CNC(=O)c3cccnc3)CC2)cc1. The normalized spacial score (nSPS) is 14.8. The van der Waals surface area contributed by atoms with Crippen molar-refractivity contribution in [3.8, 4) is 5.75 Å². The summed E-state index contributed by atoms with van der Waals surface area (Å²) in [6.07, 6.45) is 8.41. The molecule has 0 radical (unpaired) electrons. The summed E-state index contributed by atoms with van der Waals surface area (Å²) in [5.74, 6) is 1.10. The number of hydrogen-bond acceptors (Lipinski definition) is 4. The Kier molecular flexibility index (Phi) is 6.78. The summed E-state index contributed by atoms with van der Waals surface area (Å²) in [5, 5.41) is 2.96. The van der Waals surface area contributed by atoms with E-state index in [1.165, 1.54) is 0 Å². The highest BCUT2D eigenvalue weighted by molar-refractivity contribution is 5.93. The molecule has 146 valence electrons. The summed E-state index contributed by atoms with van der Waals surface area (Å²) in [5.41, 5.74) is 1.53. The van der Waals surface area contributed by atoms with Crippen molar-refractivity contribution >= 4 is 17.9 Å². The molecular formula is C22H25N3O3. The van der Waals surface area contributed by atoms with Gasteiger partial charge in [0.15, 0.2) is 0 Å². The van der Waals surface area contributed by atoms with Crippen molar-refractivity contribution in [2.75, 3.05) is 26.7 Å². The largest absolute Gasteiger partial charge is 0.497 e. The number of methoxy groups -OCH3 is 1. The summed E-state index contributed by atoms with van der Waals surface area (Å²) in [4.78, 5) is 30.3. The molecular weight excluding hydrogens is 354 g/mol. The third-order valence-corrected chi connectivity index (χ3v) is 4.94. The van der Waals surface area contributed by atoms with Gasteiger partial charge in [-0.2, -0.15) is 0 Å². The third kappa shape index (κ3) is 5.42. The van der Waals surface area contributed by atoms with E-state index in [4.69, 9.17) is 4.74 Å². The zero-order chi connectivity index (χ0) is 19.8. The van der Waals surface area contributed by atoms with Crippen LogP contribution in [0.1, 0.15) is 28.8 Å². The Labute approximate surface area is 165 Å². The van der Waals surface area contributed by atoms with Crippen LogP contribution in [-0.4, -0.2) is 48.4 Å². The number of amides is 2. The minimum atomic E-state index is -0.103. The fourth-order valence-corrected chi connectivity index (χ4v) is 3.18. The number of carbonyl (C=O) groups excluding carboxylic acids is 2. The molecule has 1 aliphatic heterocycles. The molecule has 2 amide bonds. The lowest BCUT2D eigenvalue weighted by Gasteiger charge is -2.31. The van der Waals surface area contributed by atoms with Crippen LogP contribution in [0, 0.1) is 5.92 Å². The summed E-state index contributed by atoms with van der Waals surface area (Å²) in [7, 11) is 1.63. The van der Waals surface area contributed by atoms with E-state index in [0.717, 1.165) is 24.2 Å². The molecule has 1 fully saturated rings. The molecule has 0 spiro atoms. The zero-order valence-electron chi connectivity index (χ0n) is 16.0. The maximum absolute atomic E-state index is 12.4. The summed E-state index contributed by atoms with van der Waals surface area (Å²) in [6, 6.07) is 11.1. The molecule has 0 unspecified atom stereocenters. The Balaban J connectivity index is 1.42. The van der Waals surface area contributed by atoms with Gasteiger partial charge in [0.2, 0.25) is 5.91 Å². The number of ether oxygens (including phenoxy) is 1. The van der Waals surface area contributed by atoms with E-state index in [0.29, 0.717) is 31.1 Å². The molecule has 6 heteroatoms. The Morgan fingerprint density at radius 1 is 1.21 bits per heavy atom. The van der Waals surface area contributed by atoms with Gasteiger partial charge < -0.3 is 15.0 Å². The molecule has 6 nitrogen and oxygen atoms in total. The highest BCUT2D eigenvalue weighted by Gasteiger charge is 2.22. The van der Waals surface area contributed by atoms with Crippen LogP contribution in [-0.2, 0) is 4.79 Å². The van der Waals surface area contributed by atoms with Crippen LogP contribution in [0.15, 0.2) is 54.9 Å². The number of nitrogens with zero attached hydrogens (tertiary/aromatic N) is 2. The van der Waals surface area contributed by atoms with E-state index < -0.39 is 0 Å². The molecule has 2 aromatic rings. The monoisotopic (exact) mass is 379 g/mol. The third-order valence-electron chi connectivity index (χ3n) is 4.94. The lowest BCUT2D eigenvalue weighted by atomic mass is 9.96. The number of hydrogen-bond donors (Lipinski definition) is 1. The first-order chi connectivity index (χ1) is 13.7. The zero-order valence-corrected chi connectivity index (χ0v) is 16.0. The first-order valence-electron chi connectivity index (χ1n) is 9.45. The molecule has 28 heavy (non-hydrogen) atoms. The van der Waals surface area contributed by atoms with Gasteiger partial charge in [0, 0.05) is 38.1 Å². The molecule has 1 aromatic heterocycles. The van der Waals surface area contributed by atoms with Crippen molar-refractivity contribution in [2.45, 2.75) is 12.8 Å². The van der Waals surface area contributed by atoms with Crippen molar-refractivity contribution in [2.24, 2.45) is 5.92 Å². The van der Waals surface area contributed by atoms with E-state index in [-0.39, 0.29) is 11.8 Å². The van der Waals surface area contributed by atoms with E-state index in [2.05, 4.69) is 10.3 Å². The second kappa shape index (κ2) is 9.69. The van der Waals surface area contributed by atoms with Crippen molar-refractivity contribution in [1.82, 2.24) is 15.2 Å². The van der Waals surface area contributed by atoms with E-state index >= 15 is 0 Å².